The van der Waals surface area contributed by atoms with Crippen molar-refractivity contribution in [2.24, 2.45) is 0 Å². The summed E-state index contributed by atoms with van der Waals surface area (Å²) in [5.41, 5.74) is 0.425. The molecule has 2 aromatic rings. The molecule has 0 aliphatic rings. The summed E-state index contributed by atoms with van der Waals surface area (Å²) in [4.78, 5) is 10.5. The minimum absolute atomic E-state index is 0.0875. The molecule has 23 heavy (non-hydrogen) atoms. The van der Waals surface area contributed by atoms with Crippen molar-refractivity contribution in [3.05, 3.63) is 82.9 Å². The first-order chi connectivity index (χ1) is 10.9. The zero-order valence-electron chi connectivity index (χ0n) is 12.3. The Kier molecular flexibility index (Phi) is 5.25. The second kappa shape index (κ2) is 7.17. The number of nitrogens with one attached hydrogen (secondary N) is 1. The lowest BCUT2D eigenvalue weighted by Gasteiger charge is -2.17. The van der Waals surface area contributed by atoms with Gasteiger partial charge in [-0.25, -0.2) is 13.1 Å². The van der Waals surface area contributed by atoms with Gasteiger partial charge in [0.2, 0.25) is 10.0 Å². The highest BCUT2D eigenvalue weighted by atomic mass is 32.2. The topological polar surface area (TPSA) is 89.3 Å². The fourth-order valence-corrected chi connectivity index (χ4v) is 3.39. The Labute approximate surface area is 134 Å². The van der Waals surface area contributed by atoms with Crippen LogP contribution in [0.5, 0.6) is 0 Å². The summed E-state index contributed by atoms with van der Waals surface area (Å²) in [7, 11) is -3.73. The van der Waals surface area contributed by atoms with E-state index in [2.05, 4.69) is 11.3 Å². The van der Waals surface area contributed by atoms with Gasteiger partial charge in [-0.15, -0.1) is 6.58 Å². The highest BCUT2D eigenvalue weighted by Gasteiger charge is 2.21. The van der Waals surface area contributed by atoms with Crippen LogP contribution in [-0.2, 0) is 10.0 Å². The monoisotopic (exact) mass is 332 g/mol. The van der Waals surface area contributed by atoms with Gasteiger partial charge in [0.05, 0.1) is 15.9 Å². The predicted molar refractivity (Wildman–Crippen MR) is 87.4 cm³/mol. The third-order valence-electron chi connectivity index (χ3n) is 3.24. The molecule has 0 fully saturated rings. The molecule has 0 unspecified atom stereocenters. The summed E-state index contributed by atoms with van der Waals surface area (Å²) >= 11 is 0. The number of non-ortho nitro benzene ring substituents is 1. The Hall–Kier alpha value is -2.51. The average Bonchev–Trinajstić information content (AvgIpc) is 2.55. The van der Waals surface area contributed by atoms with Gasteiger partial charge >= 0.3 is 0 Å². The molecule has 0 saturated carbocycles. The van der Waals surface area contributed by atoms with Crippen LogP contribution in [0.2, 0.25) is 0 Å². The Bertz CT molecular complexity index is 804. The van der Waals surface area contributed by atoms with E-state index < -0.39 is 21.0 Å². The molecule has 7 heteroatoms. The van der Waals surface area contributed by atoms with Crippen LogP contribution in [0.3, 0.4) is 0 Å². The molecular formula is C16H16N2O4S. The normalized spacial score (nSPS) is 12.5. The van der Waals surface area contributed by atoms with E-state index in [0.29, 0.717) is 12.0 Å². The van der Waals surface area contributed by atoms with Crippen molar-refractivity contribution in [1.29, 1.82) is 0 Å². The summed E-state index contributed by atoms with van der Waals surface area (Å²) in [5, 5.41) is 10.9. The highest BCUT2D eigenvalue weighted by molar-refractivity contribution is 7.89. The lowest BCUT2D eigenvalue weighted by Crippen LogP contribution is -2.28. The van der Waals surface area contributed by atoms with Crippen molar-refractivity contribution < 1.29 is 13.3 Å². The van der Waals surface area contributed by atoms with Gasteiger partial charge in [-0.3, -0.25) is 10.1 Å². The minimum atomic E-state index is -3.73. The molecule has 0 aliphatic heterocycles. The average molecular weight is 332 g/mol. The van der Waals surface area contributed by atoms with Gasteiger partial charge in [-0.2, -0.15) is 0 Å². The molecule has 1 atom stereocenters. The maximum atomic E-state index is 12.4. The lowest BCUT2D eigenvalue weighted by atomic mass is 10.0. The SMILES string of the molecule is C=CC[C@@H](NS(=O)(=O)c1ccccc1)c1cccc([N+](=O)[O-])c1. The van der Waals surface area contributed by atoms with Gasteiger partial charge in [0, 0.05) is 12.1 Å². The Morgan fingerprint density at radius 2 is 1.87 bits per heavy atom. The van der Waals surface area contributed by atoms with Crippen LogP contribution in [0.4, 0.5) is 5.69 Å². The molecule has 0 aromatic heterocycles. The number of nitrogens with zero attached hydrogens (tertiary/aromatic N) is 1. The summed E-state index contributed by atoms with van der Waals surface area (Å²) in [6.07, 6.45) is 1.88. The van der Waals surface area contributed by atoms with Crippen LogP contribution in [0, 0.1) is 10.1 Å². The molecule has 2 rings (SSSR count). The summed E-state index contributed by atoms with van der Waals surface area (Å²) in [6.45, 7) is 3.62. The fraction of sp³-hybridized carbons (Fsp3) is 0.125. The molecule has 0 heterocycles. The van der Waals surface area contributed by atoms with Gasteiger partial charge in [0.1, 0.15) is 0 Å². The minimum Gasteiger partial charge on any atom is -0.258 e. The molecule has 6 nitrogen and oxygen atoms in total. The lowest BCUT2D eigenvalue weighted by molar-refractivity contribution is -0.384. The predicted octanol–water partition coefficient (Wildman–Crippen LogP) is 3.19. The van der Waals surface area contributed by atoms with Gasteiger partial charge in [-0.05, 0) is 24.1 Å². The van der Waals surface area contributed by atoms with Gasteiger partial charge in [0.25, 0.3) is 5.69 Å². The van der Waals surface area contributed by atoms with E-state index in [1.54, 1.807) is 30.3 Å². The maximum absolute atomic E-state index is 12.4. The highest BCUT2D eigenvalue weighted by Crippen LogP contribution is 2.24. The summed E-state index contributed by atoms with van der Waals surface area (Å²) < 4.78 is 27.4. The number of nitro benzene ring substituents is 1. The molecule has 0 amide bonds. The first kappa shape index (κ1) is 16.9. The van der Waals surface area contributed by atoms with E-state index in [1.807, 2.05) is 0 Å². The second-order valence-corrected chi connectivity index (χ2v) is 6.58. The molecule has 1 N–H and O–H groups in total. The van der Waals surface area contributed by atoms with Gasteiger partial charge < -0.3 is 0 Å². The zero-order valence-corrected chi connectivity index (χ0v) is 13.1. The number of hydrogen-bond acceptors (Lipinski definition) is 4. The largest absolute Gasteiger partial charge is 0.269 e. The Morgan fingerprint density at radius 3 is 2.48 bits per heavy atom. The van der Waals surface area contributed by atoms with Crippen LogP contribution >= 0.6 is 0 Å². The van der Waals surface area contributed by atoms with Gasteiger partial charge in [-0.1, -0.05) is 36.4 Å². The first-order valence-electron chi connectivity index (χ1n) is 6.86. The summed E-state index contributed by atoms with van der Waals surface area (Å²) in [6, 6.07) is 13.2. The van der Waals surface area contributed by atoms with E-state index in [1.165, 1.54) is 30.3 Å². The van der Waals surface area contributed by atoms with Crippen LogP contribution in [0.1, 0.15) is 18.0 Å². The van der Waals surface area contributed by atoms with Crippen molar-refractivity contribution in [3.8, 4) is 0 Å². The molecule has 120 valence electrons. The number of rotatable bonds is 7. The number of sulfonamides is 1. The van der Waals surface area contributed by atoms with E-state index in [0.717, 1.165) is 0 Å². The maximum Gasteiger partial charge on any atom is 0.269 e. The smallest absolute Gasteiger partial charge is 0.258 e. The molecule has 0 radical (unpaired) electrons. The standard InChI is InChI=1S/C16H16N2O4S/c1-2-7-16(13-8-6-9-14(12-13)18(19)20)17-23(21,22)15-10-4-3-5-11-15/h2-6,8-12,16-17H,1,7H2/t16-/m1/s1. The van der Waals surface area contributed by atoms with Crippen LogP contribution in [0.15, 0.2) is 72.1 Å². The fourth-order valence-electron chi connectivity index (χ4n) is 2.13. The van der Waals surface area contributed by atoms with Crippen LogP contribution < -0.4 is 4.72 Å². The number of benzene rings is 2. The van der Waals surface area contributed by atoms with E-state index in [4.69, 9.17) is 0 Å². The third-order valence-corrected chi connectivity index (χ3v) is 4.72. The Balaban J connectivity index is 2.34. The van der Waals surface area contributed by atoms with Crippen molar-refractivity contribution in [3.63, 3.8) is 0 Å². The van der Waals surface area contributed by atoms with Crippen molar-refractivity contribution in [2.45, 2.75) is 17.4 Å². The van der Waals surface area contributed by atoms with E-state index >= 15 is 0 Å². The quantitative estimate of drug-likeness (QED) is 0.479. The van der Waals surface area contributed by atoms with E-state index in [-0.39, 0.29) is 10.6 Å². The zero-order chi connectivity index (χ0) is 16.9. The molecule has 0 bridgehead atoms. The molecule has 0 spiro atoms. The van der Waals surface area contributed by atoms with Crippen molar-refractivity contribution in [1.82, 2.24) is 4.72 Å². The van der Waals surface area contributed by atoms with Crippen molar-refractivity contribution >= 4 is 15.7 Å². The Morgan fingerprint density at radius 1 is 1.17 bits per heavy atom. The summed E-state index contributed by atoms with van der Waals surface area (Å²) in [5.74, 6) is 0. The first-order valence-corrected chi connectivity index (χ1v) is 8.35. The molecule has 0 saturated heterocycles. The number of nitro groups is 1. The molecule has 0 aliphatic carbocycles. The number of hydrogen-bond donors (Lipinski definition) is 1. The second-order valence-electron chi connectivity index (χ2n) is 4.86. The van der Waals surface area contributed by atoms with Crippen molar-refractivity contribution in [2.75, 3.05) is 0 Å². The van der Waals surface area contributed by atoms with Crippen LogP contribution in [-0.4, -0.2) is 13.3 Å². The molecular weight excluding hydrogens is 316 g/mol. The van der Waals surface area contributed by atoms with Gasteiger partial charge in [0.15, 0.2) is 0 Å². The van der Waals surface area contributed by atoms with E-state index in [9.17, 15) is 18.5 Å². The third kappa shape index (κ3) is 4.24. The molecule has 2 aromatic carbocycles. The van der Waals surface area contributed by atoms with Crippen LogP contribution in [0.25, 0.3) is 0 Å².